The van der Waals surface area contributed by atoms with Gasteiger partial charge in [0.2, 0.25) is 0 Å². The first-order chi connectivity index (χ1) is 6.80. The zero-order chi connectivity index (χ0) is 9.60. The summed E-state index contributed by atoms with van der Waals surface area (Å²) in [5.74, 6) is 0.812. The van der Waals surface area contributed by atoms with Crippen molar-refractivity contribution in [1.29, 1.82) is 0 Å². The molecule has 0 heterocycles. The van der Waals surface area contributed by atoms with Crippen LogP contribution in [0.5, 0.6) is 0 Å². The summed E-state index contributed by atoms with van der Waals surface area (Å²) in [5.41, 5.74) is 6.85. The lowest BCUT2D eigenvalue weighted by atomic mass is 9.65. The first-order valence-electron chi connectivity index (χ1n) is 5.03. The number of allylic oxidation sites excluding steroid dienone is 1. The van der Waals surface area contributed by atoms with E-state index >= 15 is 0 Å². The summed E-state index contributed by atoms with van der Waals surface area (Å²) >= 11 is 1.94. The highest BCUT2D eigenvalue weighted by atomic mass is 32.2. The molecule has 1 fully saturated rings. The maximum atomic E-state index is 5.93. The lowest BCUT2D eigenvalue weighted by molar-refractivity contribution is 0.288. The number of benzene rings is 1. The minimum Gasteiger partial charge on any atom is -0.398 e. The third-order valence-corrected chi connectivity index (χ3v) is 4.92. The van der Waals surface area contributed by atoms with Crippen LogP contribution in [0.25, 0.3) is 0 Å². The molecule has 0 radical (unpaired) electrons. The van der Waals surface area contributed by atoms with Gasteiger partial charge in [-0.1, -0.05) is 24.3 Å². The van der Waals surface area contributed by atoms with Crippen LogP contribution in [0.3, 0.4) is 0 Å². The Morgan fingerprint density at radius 3 is 2.71 bits per heavy atom. The van der Waals surface area contributed by atoms with Crippen molar-refractivity contribution in [3.8, 4) is 0 Å². The van der Waals surface area contributed by atoms with Crippen molar-refractivity contribution in [2.24, 2.45) is 5.92 Å². The quantitative estimate of drug-likeness (QED) is 0.590. The summed E-state index contributed by atoms with van der Waals surface area (Å²) < 4.78 is 0.412. The van der Waals surface area contributed by atoms with Crippen molar-refractivity contribution in [2.75, 3.05) is 5.73 Å². The minimum absolute atomic E-state index is 0.412. The van der Waals surface area contributed by atoms with E-state index in [4.69, 9.17) is 5.73 Å². The molecule has 0 saturated heterocycles. The molecule has 1 aromatic carbocycles. The summed E-state index contributed by atoms with van der Waals surface area (Å²) in [6.07, 6.45) is 7.34. The molecule has 2 atom stereocenters. The van der Waals surface area contributed by atoms with Gasteiger partial charge in [-0.05, 0) is 30.9 Å². The zero-order valence-electron chi connectivity index (χ0n) is 7.94. The molecule has 2 N–H and O–H groups in total. The smallest absolute Gasteiger partial charge is 0.0452 e. The molecule has 0 bridgehead atoms. The number of nitrogens with two attached hydrogens (primary N) is 1. The van der Waals surface area contributed by atoms with E-state index in [1.54, 1.807) is 0 Å². The molecule has 14 heavy (non-hydrogen) atoms. The Bertz CT molecular complexity index is 399. The fourth-order valence-electron chi connectivity index (χ4n) is 2.16. The van der Waals surface area contributed by atoms with E-state index in [0.29, 0.717) is 4.75 Å². The maximum Gasteiger partial charge on any atom is 0.0452 e. The zero-order valence-corrected chi connectivity index (χ0v) is 8.76. The normalized spacial score (nSPS) is 33.0. The van der Waals surface area contributed by atoms with Gasteiger partial charge in [0, 0.05) is 15.3 Å². The lowest BCUT2D eigenvalue weighted by Crippen LogP contribution is -2.47. The lowest BCUT2D eigenvalue weighted by Gasteiger charge is -2.52. The van der Waals surface area contributed by atoms with E-state index < -0.39 is 0 Å². The van der Waals surface area contributed by atoms with Crippen LogP contribution in [0, 0.1) is 5.92 Å². The summed E-state index contributed by atoms with van der Waals surface area (Å²) in [7, 11) is 0. The summed E-state index contributed by atoms with van der Waals surface area (Å²) in [5, 5.41) is 0. The molecular weight excluding hydrogens is 190 g/mol. The monoisotopic (exact) mass is 203 g/mol. The summed E-state index contributed by atoms with van der Waals surface area (Å²) in [4.78, 5) is 1.24. The first kappa shape index (κ1) is 8.42. The van der Waals surface area contributed by atoms with Gasteiger partial charge in [0.25, 0.3) is 0 Å². The van der Waals surface area contributed by atoms with Gasteiger partial charge in [0.15, 0.2) is 0 Å². The highest BCUT2D eigenvalue weighted by molar-refractivity contribution is 8.01. The maximum absolute atomic E-state index is 5.93. The molecule has 1 nitrogen and oxygen atoms in total. The van der Waals surface area contributed by atoms with Gasteiger partial charge in [0.1, 0.15) is 0 Å². The third kappa shape index (κ3) is 1.04. The molecule has 0 aliphatic heterocycles. The van der Waals surface area contributed by atoms with Crippen LogP contribution in [0.4, 0.5) is 5.69 Å². The van der Waals surface area contributed by atoms with Crippen LogP contribution < -0.4 is 5.73 Å². The predicted octanol–water partition coefficient (Wildman–Crippen LogP) is 3.08. The first-order valence-corrected chi connectivity index (χ1v) is 5.85. The van der Waals surface area contributed by atoms with E-state index in [9.17, 15) is 0 Å². The molecule has 1 saturated carbocycles. The summed E-state index contributed by atoms with van der Waals surface area (Å²) in [6.45, 7) is 0. The Morgan fingerprint density at radius 1 is 1.36 bits per heavy atom. The van der Waals surface area contributed by atoms with Crippen LogP contribution in [-0.2, 0) is 0 Å². The topological polar surface area (TPSA) is 26.0 Å². The second-order valence-electron chi connectivity index (χ2n) is 4.10. The Hall–Kier alpha value is -0.890. The van der Waals surface area contributed by atoms with Crippen LogP contribution in [0.1, 0.15) is 12.8 Å². The van der Waals surface area contributed by atoms with Crippen LogP contribution in [0.2, 0.25) is 0 Å². The molecule has 0 spiro atoms. The number of hydrogen-bond donors (Lipinski definition) is 1. The molecule has 1 aromatic rings. The molecule has 2 heteroatoms. The van der Waals surface area contributed by atoms with Gasteiger partial charge in [-0.3, -0.25) is 0 Å². The highest BCUT2D eigenvalue weighted by Gasteiger charge is 2.49. The van der Waals surface area contributed by atoms with Crippen molar-refractivity contribution >= 4 is 17.4 Å². The Morgan fingerprint density at radius 2 is 2.21 bits per heavy atom. The standard InChI is InChI=1S/C12H13NS/c13-10-3-1-2-4-11(10)14-12-7-5-9(12)6-8-12/h1-5,7,9H,6,8,13H2/t9?,12-/m1/s1. The average molecular weight is 203 g/mol. The summed E-state index contributed by atoms with van der Waals surface area (Å²) in [6, 6.07) is 8.16. The number of hydrogen-bond acceptors (Lipinski definition) is 2. The molecule has 3 rings (SSSR count). The fraction of sp³-hybridized carbons (Fsp3) is 0.333. The number of nitrogen functional groups attached to an aromatic ring is 1. The highest BCUT2D eigenvalue weighted by Crippen LogP contribution is 2.59. The van der Waals surface area contributed by atoms with E-state index in [-0.39, 0.29) is 0 Å². The Kier molecular flexibility index (Phi) is 1.68. The Labute approximate surface area is 88.4 Å². The number of anilines is 1. The van der Waals surface area contributed by atoms with Crippen molar-refractivity contribution in [2.45, 2.75) is 22.5 Å². The van der Waals surface area contributed by atoms with Gasteiger partial charge in [-0.2, -0.15) is 0 Å². The minimum atomic E-state index is 0.412. The molecule has 72 valence electrons. The predicted molar refractivity (Wildman–Crippen MR) is 61.3 cm³/mol. The van der Waals surface area contributed by atoms with Crippen molar-refractivity contribution < 1.29 is 0 Å². The molecule has 2 aliphatic rings. The van der Waals surface area contributed by atoms with Crippen LogP contribution in [-0.4, -0.2) is 4.75 Å². The second-order valence-corrected chi connectivity index (χ2v) is 5.50. The third-order valence-electron chi connectivity index (χ3n) is 3.30. The molecule has 1 unspecified atom stereocenters. The van der Waals surface area contributed by atoms with Gasteiger partial charge in [-0.15, -0.1) is 11.8 Å². The van der Waals surface area contributed by atoms with Gasteiger partial charge < -0.3 is 5.73 Å². The van der Waals surface area contributed by atoms with E-state index in [2.05, 4.69) is 24.3 Å². The van der Waals surface area contributed by atoms with Gasteiger partial charge in [-0.25, -0.2) is 0 Å². The van der Waals surface area contributed by atoms with Gasteiger partial charge >= 0.3 is 0 Å². The Balaban J connectivity index is 1.86. The average Bonchev–Trinajstić information content (AvgIpc) is 2.19. The largest absolute Gasteiger partial charge is 0.398 e. The van der Waals surface area contributed by atoms with Gasteiger partial charge in [0.05, 0.1) is 0 Å². The number of rotatable bonds is 2. The van der Waals surface area contributed by atoms with Crippen molar-refractivity contribution in [3.05, 3.63) is 36.4 Å². The van der Waals surface area contributed by atoms with Crippen LogP contribution in [0.15, 0.2) is 41.3 Å². The van der Waals surface area contributed by atoms with Crippen molar-refractivity contribution in [3.63, 3.8) is 0 Å². The molecule has 0 aromatic heterocycles. The van der Waals surface area contributed by atoms with E-state index in [1.165, 1.54) is 17.7 Å². The molecular formula is C12H13NS. The SMILES string of the molecule is Nc1ccccc1S[C@@]12C=CC1CC2. The molecule has 2 aliphatic carbocycles. The number of para-hydroxylation sites is 1. The van der Waals surface area contributed by atoms with E-state index in [0.717, 1.165) is 11.6 Å². The fourth-order valence-corrected chi connectivity index (χ4v) is 3.62. The molecule has 0 amide bonds. The van der Waals surface area contributed by atoms with Crippen LogP contribution >= 0.6 is 11.8 Å². The number of fused-ring (bicyclic) bond motifs is 1. The second kappa shape index (κ2) is 2.80. The number of thioether (sulfide) groups is 1. The van der Waals surface area contributed by atoms with E-state index in [1.807, 2.05) is 23.9 Å². The van der Waals surface area contributed by atoms with Crippen molar-refractivity contribution in [1.82, 2.24) is 0 Å².